The number of hydrogen-bond donors (Lipinski definition) is 4. The number of nitrogens with zero attached hydrogens (tertiary/aromatic N) is 2. The minimum atomic E-state index is -4.08. The van der Waals surface area contributed by atoms with Crippen molar-refractivity contribution < 1.29 is 22.5 Å². The van der Waals surface area contributed by atoms with Gasteiger partial charge in [0.25, 0.3) is 0 Å². The molecule has 0 unspecified atom stereocenters. The predicted octanol–water partition coefficient (Wildman–Crippen LogP) is 1.83. The number of benzene rings is 1. The molecule has 12 heteroatoms. The normalized spacial score (nSPS) is 20.1. The summed E-state index contributed by atoms with van der Waals surface area (Å²) in [6.45, 7) is 1.16. The molecule has 0 spiro atoms. The van der Waals surface area contributed by atoms with E-state index in [4.69, 9.17) is 5.14 Å². The summed E-state index contributed by atoms with van der Waals surface area (Å²) in [4.78, 5) is 22.0. The average molecular weight is 518 g/mol. The molecule has 2 aromatic heterocycles. The van der Waals surface area contributed by atoms with Crippen molar-refractivity contribution in [1.29, 1.82) is 0 Å². The van der Waals surface area contributed by atoms with Gasteiger partial charge in [-0.3, -0.25) is 8.98 Å². The maximum absolute atomic E-state index is 13.2. The Morgan fingerprint density at radius 1 is 1.20 bits per heavy atom. The van der Waals surface area contributed by atoms with Crippen molar-refractivity contribution in [2.45, 2.75) is 38.1 Å². The van der Waals surface area contributed by atoms with E-state index in [0.29, 0.717) is 35.6 Å². The molecule has 1 saturated carbocycles. The van der Waals surface area contributed by atoms with Crippen LogP contribution in [0.25, 0.3) is 0 Å². The fourth-order valence-electron chi connectivity index (χ4n) is 4.05. The fourth-order valence-corrected chi connectivity index (χ4v) is 5.28. The topological polar surface area (TPSA) is 157 Å². The quantitative estimate of drug-likeness (QED) is 0.279. The number of nitrogens with two attached hydrogens (primary N) is 1. The summed E-state index contributed by atoms with van der Waals surface area (Å²) in [6, 6.07) is 11.7. The monoisotopic (exact) mass is 517 g/mol. The van der Waals surface area contributed by atoms with Crippen molar-refractivity contribution in [2.24, 2.45) is 11.1 Å². The van der Waals surface area contributed by atoms with Crippen LogP contribution in [-0.4, -0.2) is 48.0 Å². The molecule has 0 bridgehead atoms. The minimum Gasteiger partial charge on any atom is -0.393 e. The molecule has 10 nitrogen and oxygen atoms in total. The maximum Gasteiger partial charge on any atom is 0.333 e. The van der Waals surface area contributed by atoms with Gasteiger partial charge in [0.05, 0.1) is 23.2 Å². The van der Waals surface area contributed by atoms with Crippen LogP contribution in [0, 0.1) is 5.92 Å². The molecule has 3 aromatic rings. The van der Waals surface area contributed by atoms with E-state index >= 15 is 0 Å². The van der Waals surface area contributed by atoms with Crippen molar-refractivity contribution in [2.75, 3.05) is 11.9 Å². The highest BCUT2D eigenvalue weighted by atomic mass is 32.2. The van der Waals surface area contributed by atoms with Crippen molar-refractivity contribution in [3.63, 3.8) is 0 Å². The molecule has 0 radical (unpaired) electrons. The summed E-state index contributed by atoms with van der Waals surface area (Å²) in [5, 5.41) is 23.7. The van der Waals surface area contributed by atoms with E-state index in [2.05, 4.69) is 36.9 Å². The molecule has 1 aliphatic carbocycles. The Labute approximate surface area is 207 Å². The van der Waals surface area contributed by atoms with Gasteiger partial charge in [-0.25, -0.2) is 15.1 Å². The SMILES string of the molecule is NS(=O)(=O)OC[C@H]1C[C@@H](Nc2ncncc2C(=O)c2cc(CNCc3ccccc3)cs2)C[C@@H]1O. The fraction of sp³-hybridized carbons (Fsp3) is 0.348. The van der Waals surface area contributed by atoms with Gasteiger partial charge in [0, 0.05) is 31.2 Å². The first-order valence-corrected chi connectivity index (χ1v) is 13.4. The van der Waals surface area contributed by atoms with Gasteiger partial charge < -0.3 is 15.7 Å². The summed E-state index contributed by atoms with van der Waals surface area (Å²) < 4.78 is 26.7. The second-order valence-corrected chi connectivity index (χ2v) is 10.6. The summed E-state index contributed by atoms with van der Waals surface area (Å²) >= 11 is 1.36. The van der Waals surface area contributed by atoms with Crippen molar-refractivity contribution in [3.8, 4) is 0 Å². The van der Waals surface area contributed by atoms with Crippen LogP contribution in [0.5, 0.6) is 0 Å². The van der Waals surface area contributed by atoms with Gasteiger partial charge >= 0.3 is 10.3 Å². The molecule has 186 valence electrons. The smallest absolute Gasteiger partial charge is 0.333 e. The number of rotatable bonds is 11. The third kappa shape index (κ3) is 7.13. The molecule has 1 fully saturated rings. The molecular formula is C23H27N5O5S2. The van der Waals surface area contributed by atoms with Crippen molar-refractivity contribution in [3.05, 3.63) is 75.9 Å². The van der Waals surface area contributed by atoms with Gasteiger partial charge in [-0.15, -0.1) is 11.3 Å². The zero-order chi connectivity index (χ0) is 24.8. The van der Waals surface area contributed by atoms with E-state index in [9.17, 15) is 18.3 Å². The number of aliphatic hydroxyl groups excluding tert-OH is 1. The first-order valence-electron chi connectivity index (χ1n) is 11.1. The van der Waals surface area contributed by atoms with Crippen LogP contribution in [0.1, 0.15) is 39.2 Å². The van der Waals surface area contributed by atoms with E-state index in [-0.39, 0.29) is 18.4 Å². The Hall–Kier alpha value is -2.74. The first kappa shape index (κ1) is 25.4. The Morgan fingerprint density at radius 2 is 1.97 bits per heavy atom. The number of carbonyl (C=O) groups excluding carboxylic acids is 1. The highest BCUT2D eigenvalue weighted by Crippen LogP contribution is 2.30. The summed E-state index contributed by atoms with van der Waals surface area (Å²) in [5.74, 6) is -0.234. The number of aromatic nitrogens is 2. The van der Waals surface area contributed by atoms with E-state index in [1.54, 1.807) is 0 Å². The van der Waals surface area contributed by atoms with Crippen LogP contribution in [0.4, 0.5) is 5.82 Å². The number of aliphatic hydroxyl groups is 1. The molecule has 1 aromatic carbocycles. The van der Waals surface area contributed by atoms with Crippen LogP contribution < -0.4 is 15.8 Å². The van der Waals surface area contributed by atoms with Crippen LogP contribution in [-0.2, 0) is 27.6 Å². The van der Waals surface area contributed by atoms with E-state index in [1.165, 1.54) is 29.4 Å². The largest absolute Gasteiger partial charge is 0.393 e. The lowest BCUT2D eigenvalue weighted by atomic mass is 10.1. The van der Waals surface area contributed by atoms with Gasteiger partial charge in [-0.2, -0.15) is 8.42 Å². The summed E-state index contributed by atoms with van der Waals surface area (Å²) in [5.41, 5.74) is 2.53. The van der Waals surface area contributed by atoms with Crippen LogP contribution in [0.2, 0.25) is 0 Å². The van der Waals surface area contributed by atoms with Gasteiger partial charge in [-0.1, -0.05) is 30.3 Å². The Morgan fingerprint density at radius 3 is 2.74 bits per heavy atom. The van der Waals surface area contributed by atoms with Crippen LogP contribution in [0.15, 0.2) is 54.3 Å². The number of hydrogen-bond acceptors (Lipinski definition) is 10. The second kappa shape index (κ2) is 11.3. The molecule has 35 heavy (non-hydrogen) atoms. The lowest BCUT2D eigenvalue weighted by molar-refractivity contribution is 0.101. The number of nitrogens with one attached hydrogen (secondary N) is 2. The number of carbonyl (C=O) groups is 1. The van der Waals surface area contributed by atoms with Gasteiger partial charge in [0.15, 0.2) is 0 Å². The Bertz CT molecular complexity index is 1250. The lowest BCUT2D eigenvalue weighted by Gasteiger charge is -2.15. The Balaban J connectivity index is 1.37. The standard InChI is InChI=1S/C23H27N5O5S2/c24-35(31,32)33-12-17-7-18(8-20(17)29)28-23-19(11-26-14-27-23)22(30)21-6-16(13-34-21)10-25-9-15-4-2-1-3-5-15/h1-6,11,13-14,17-18,20,25,29H,7-10,12H2,(H2,24,31,32)(H,26,27,28)/t17-,18-,20+/m1/s1. The van der Waals surface area contributed by atoms with E-state index < -0.39 is 22.3 Å². The third-order valence-corrected chi connectivity index (χ3v) is 7.22. The average Bonchev–Trinajstić information content (AvgIpc) is 3.44. The Kier molecular flexibility index (Phi) is 8.21. The second-order valence-electron chi connectivity index (χ2n) is 8.44. The predicted molar refractivity (Wildman–Crippen MR) is 132 cm³/mol. The zero-order valence-electron chi connectivity index (χ0n) is 18.8. The third-order valence-electron chi connectivity index (χ3n) is 5.78. The number of ketones is 1. The molecule has 0 aliphatic heterocycles. The maximum atomic E-state index is 13.2. The molecule has 1 aliphatic rings. The molecule has 2 heterocycles. The van der Waals surface area contributed by atoms with Gasteiger partial charge in [0.2, 0.25) is 5.78 Å². The molecule has 0 amide bonds. The summed E-state index contributed by atoms with van der Waals surface area (Å²) in [7, 11) is -4.08. The molecular weight excluding hydrogens is 490 g/mol. The van der Waals surface area contributed by atoms with Crippen LogP contribution >= 0.6 is 11.3 Å². The van der Waals surface area contributed by atoms with Gasteiger partial charge in [0.1, 0.15) is 12.1 Å². The van der Waals surface area contributed by atoms with Crippen molar-refractivity contribution in [1.82, 2.24) is 15.3 Å². The minimum absolute atomic E-state index is 0.194. The molecule has 0 saturated heterocycles. The number of anilines is 1. The molecule has 3 atom stereocenters. The molecule has 5 N–H and O–H groups in total. The van der Waals surface area contributed by atoms with E-state index in [0.717, 1.165) is 12.1 Å². The van der Waals surface area contributed by atoms with Crippen molar-refractivity contribution >= 4 is 33.2 Å². The number of thiophene rings is 1. The summed E-state index contributed by atoms with van der Waals surface area (Å²) in [6.07, 6.45) is 2.84. The highest BCUT2D eigenvalue weighted by molar-refractivity contribution is 7.84. The zero-order valence-corrected chi connectivity index (χ0v) is 20.5. The first-order chi connectivity index (χ1) is 16.8. The highest BCUT2D eigenvalue weighted by Gasteiger charge is 2.34. The van der Waals surface area contributed by atoms with Gasteiger partial charge in [-0.05, 0) is 35.4 Å². The lowest BCUT2D eigenvalue weighted by Crippen LogP contribution is -2.24. The van der Waals surface area contributed by atoms with E-state index in [1.807, 2.05) is 29.6 Å². The van der Waals surface area contributed by atoms with Crippen LogP contribution in [0.3, 0.4) is 0 Å². The molecule has 4 rings (SSSR count).